The first-order valence-electron chi connectivity index (χ1n) is 7.63. The summed E-state index contributed by atoms with van der Waals surface area (Å²) < 4.78 is 0. The predicted molar refractivity (Wildman–Crippen MR) is 83.5 cm³/mol. The van der Waals surface area contributed by atoms with E-state index < -0.39 is 0 Å². The van der Waals surface area contributed by atoms with Gasteiger partial charge < -0.3 is 16.0 Å². The first-order chi connectivity index (χ1) is 10.3. The third-order valence-corrected chi connectivity index (χ3v) is 4.30. The minimum absolute atomic E-state index is 0.150. The summed E-state index contributed by atoms with van der Waals surface area (Å²) in [6.07, 6.45) is 4.50. The Balaban J connectivity index is 2.17. The Morgan fingerprint density at radius 1 is 1.29 bits per heavy atom. The van der Waals surface area contributed by atoms with E-state index in [1.165, 1.54) is 6.42 Å². The highest BCUT2D eigenvalue weighted by Gasteiger charge is 2.26. The monoisotopic (exact) mass is 291 g/mol. The van der Waals surface area contributed by atoms with Crippen molar-refractivity contribution in [2.45, 2.75) is 37.6 Å². The second-order valence-corrected chi connectivity index (χ2v) is 5.67. The van der Waals surface area contributed by atoms with E-state index >= 15 is 0 Å². The number of aliphatic hydroxyl groups excluding tert-OH is 1. The molecule has 4 N–H and O–H groups in total. The molecule has 5 heteroatoms. The maximum absolute atomic E-state index is 9.61. The maximum atomic E-state index is 9.61. The van der Waals surface area contributed by atoms with Crippen molar-refractivity contribution in [2.24, 2.45) is 10.9 Å². The number of hydrogen-bond donors (Lipinski definition) is 3. The van der Waals surface area contributed by atoms with Crippen LogP contribution in [0, 0.1) is 0 Å². The molecule has 1 aromatic carbocycles. The van der Waals surface area contributed by atoms with Crippen LogP contribution in [-0.4, -0.2) is 46.8 Å². The molecule has 0 saturated carbocycles. The molecule has 5 nitrogen and oxygen atoms in total. The van der Waals surface area contributed by atoms with Gasteiger partial charge in [-0.3, -0.25) is 4.90 Å². The number of aliphatic hydroxyl groups is 1. The number of oxime groups is 1. The van der Waals surface area contributed by atoms with Gasteiger partial charge in [0.05, 0.1) is 12.5 Å². The smallest absolute Gasteiger partial charge is 0.147 e. The highest BCUT2D eigenvalue weighted by Crippen LogP contribution is 2.23. The van der Waals surface area contributed by atoms with Gasteiger partial charge in [0.25, 0.3) is 0 Å². The average Bonchev–Trinajstić information content (AvgIpc) is 2.77. The summed E-state index contributed by atoms with van der Waals surface area (Å²) in [5, 5.41) is 21.9. The number of nitrogens with zero attached hydrogens (tertiary/aromatic N) is 2. The molecule has 0 aromatic heterocycles. The lowest BCUT2D eigenvalue weighted by atomic mass is 9.96. The lowest BCUT2D eigenvalue weighted by Crippen LogP contribution is -2.42. The zero-order valence-electron chi connectivity index (χ0n) is 12.4. The Labute approximate surface area is 126 Å². The normalized spacial score (nSPS) is 22.7. The molecule has 1 aromatic rings. The number of amidine groups is 1. The second kappa shape index (κ2) is 8.00. The molecular formula is C16H25N3O2. The van der Waals surface area contributed by atoms with E-state index in [1.54, 1.807) is 0 Å². The molecule has 1 aliphatic heterocycles. The molecule has 1 fully saturated rings. The van der Waals surface area contributed by atoms with Crippen molar-refractivity contribution < 1.29 is 10.3 Å². The zero-order valence-corrected chi connectivity index (χ0v) is 12.4. The van der Waals surface area contributed by atoms with Gasteiger partial charge in [-0.1, -0.05) is 48.3 Å². The van der Waals surface area contributed by atoms with Gasteiger partial charge >= 0.3 is 0 Å². The highest BCUT2D eigenvalue weighted by atomic mass is 16.4. The van der Waals surface area contributed by atoms with E-state index in [0.29, 0.717) is 6.54 Å². The van der Waals surface area contributed by atoms with Crippen LogP contribution in [0.4, 0.5) is 0 Å². The first-order valence-corrected chi connectivity index (χ1v) is 7.63. The van der Waals surface area contributed by atoms with Gasteiger partial charge in [0.1, 0.15) is 5.84 Å². The molecule has 0 bridgehead atoms. The standard InChI is InChI=1S/C16H25N3O2/c17-16(18-21)15(13-7-3-1-4-8-13)11-19-10-6-2-5-9-14(19)12-20/h1,3-4,7-8,14-15,20-21H,2,5-6,9-12H2,(H2,17,18). The van der Waals surface area contributed by atoms with E-state index in [9.17, 15) is 5.11 Å². The predicted octanol–water partition coefficient (Wildman–Crippen LogP) is 1.75. The van der Waals surface area contributed by atoms with E-state index in [2.05, 4.69) is 10.1 Å². The fourth-order valence-electron chi connectivity index (χ4n) is 3.04. The number of nitrogens with two attached hydrogens (primary N) is 1. The van der Waals surface area contributed by atoms with Crippen molar-refractivity contribution in [3.8, 4) is 0 Å². The summed E-state index contributed by atoms with van der Waals surface area (Å²) in [5.41, 5.74) is 6.94. The fraction of sp³-hybridized carbons (Fsp3) is 0.562. The van der Waals surface area contributed by atoms with Crippen LogP contribution < -0.4 is 5.73 Å². The minimum atomic E-state index is -0.150. The van der Waals surface area contributed by atoms with Gasteiger partial charge in [-0.2, -0.15) is 0 Å². The van der Waals surface area contributed by atoms with Crippen LogP contribution >= 0.6 is 0 Å². The summed E-state index contributed by atoms with van der Waals surface area (Å²) in [4.78, 5) is 2.28. The maximum Gasteiger partial charge on any atom is 0.147 e. The SMILES string of the molecule is N/C(=N/O)C(CN1CCCCCC1CO)c1ccccc1. The van der Waals surface area contributed by atoms with Gasteiger partial charge in [0, 0.05) is 12.6 Å². The molecule has 0 radical (unpaired) electrons. The molecule has 1 aliphatic rings. The lowest BCUT2D eigenvalue weighted by Gasteiger charge is -2.31. The van der Waals surface area contributed by atoms with Gasteiger partial charge in [0.15, 0.2) is 0 Å². The third kappa shape index (κ3) is 4.19. The van der Waals surface area contributed by atoms with Crippen LogP contribution in [-0.2, 0) is 0 Å². The molecule has 0 aliphatic carbocycles. The molecule has 1 heterocycles. The topological polar surface area (TPSA) is 82.1 Å². The van der Waals surface area contributed by atoms with Crippen molar-refractivity contribution in [2.75, 3.05) is 19.7 Å². The number of benzene rings is 1. The lowest BCUT2D eigenvalue weighted by molar-refractivity contribution is 0.123. The summed E-state index contributed by atoms with van der Waals surface area (Å²) in [7, 11) is 0. The average molecular weight is 291 g/mol. The summed E-state index contributed by atoms with van der Waals surface area (Å²) >= 11 is 0. The Hall–Kier alpha value is -1.59. The molecular weight excluding hydrogens is 266 g/mol. The molecule has 2 rings (SSSR count). The van der Waals surface area contributed by atoms with Crippen LogP contribution in [0.3, 0.4) is 0 Å². The molecule has 2 atom stereocenters. The van der Waals surface area contributed by atoms with Gasteiger partial charge in [-0.05, 0) is 24.9 Å². The van der Waals surface area contributed by atoms with Gasteiger partial charge in [-0.25, -0.2) is 0 Å². The van der Waals surface area contributed by atoms with Crippen LogP contribution in [0.25, 0.3) is 0 Å². The molecule has 116 valence electrons. The van der Waals surface area contributed by atoms with E-state index in [4.69, 9.17) is 10.9 Å². The van der Waals surface area contributed by atoms with Gasteiger partial charge in [-0.15, -0.1) is 0 Å². The Morgan fingerprint density at radius 2 is 2.05 bits per heavy atom. The van der Waals surface area contributed by atoms with Crippen LogP contribution in [0.2, 0.25) is 0 Å². The molecule has 0 spiro atoms. The summed E-state index contributed by atoms with van der Waals surface area (Å²) in [6, 6.07) is 10.0. The molecule has 2 unspecified atom stereocenters. The Morgan fingerprint density at radius 3 is 2.71 bits per heavy atom. The molecule has 0 amide bonds. The van der Waals surface area contributed by atoms with Crippen molar-refractivity contribution in [3.63, 3.8) is 0 Å². The first kappa shape index (κ1) is 15.8. The van der Waals surface area contributed by atoms with Crippen molar-refractivity contribution in [3.05, 3.63) is 35.9 Å². The van der Waals surface area contributed by atoms with Crippen LogP contribution in [0.5, 0.6) is 0 Å². The fourth-order valence-corrected chi connectivity index (χ4v) is 3.04. The minimum Gasteiger partial charge on any atom is -0.409 e. The van der Waals surface area contributed by atoms with E-state index in [-0.39, 0.29) is 24.4 Å². The number of likely N-dealkylation sites (tertiary alicyclic amines) is 1. The van der Waals surface area contributed by atoms with Gasteiger partial charge in [0.2, 0.25) is 0 Å². The highest BCUT2D eigenvalue weighted by molar-refractivity contribution is 5.87. The zero-order chi connectivity index (χ0) is 15.1. The van der Waals surface area contributed by atoms with Crippen molar-refractivity contribution in [1.29, 1.82) is 0 Å². The third-order valence-electron chi connectivity index (χ3n) is 4.30. The van der Waals surface area contributed by atoms with E-state index in [1.807, 2.05) is 30.3 Å². The van der Waals surface area contributed by atoms with Crippen LogP contribution in [0.15, 0.2) is 35.5 Å². The Kier molecular flexibility index (Phi) is 6.02. The number of rotatable bonds is 5. The molecule has 21 heavy (non-hydrogen) atoms. The van der Waals surface area contributed by atoms with Crippen molar-refractivity contribution in [1.82, 2.24) is 4.90 Å². The van der Waals surface area contributed by atoms with Crippen LogP contribution in [0.1, 0.15) is 37.2 Å². The number of hydrogen-bond acceptors (Lipinski definition) is 4. The summed E-state index contributed by atoms with van der Waals surface area (Å²) in [5.74, 6) is 0.0745. The quantitative estimate of drug-likeness (QED) is 0.334. The second-order valence-electron chi connectivity index (χ2n) is 5.67. The summed E-state index contributed by atoms with van der Waals surface area (Å²) in [6.45, 7) is 1.79. The van der Waals surface area contributed by atoms with E-state index in [0.717, 1.165) is 31.4 Å². The van der Waals surface area contributed by atoms with Crippen molar-refractivity contribution >= 4 is 5.84 Å². The Bertz CT molecular complexity index is 450. The molecule has 1 saturated heterocycles. The largest absolute Gasteiger partial charge is 0.409 e.